The molecule has 0 aliphatic carbocycles. The minimum Gasteiger partial charge on any atom is -1.00 e. The van der Waals surface area contributed by atoms with Crippen LogP contribution in [0.1, 0.15) is 69.4 Å². The lowest BCUT2D eigenvalue weighted by atomic mass is 9.79. The van der Waals surface area contributed by atoms with Crippen molar-refractivity contribution in [2.45, 2.75) is 65.3 Å². The molecule has 0 aliphatic heterocycles. The molecule has 0 fully saturated rings. The van der Waals surface area contributed by atoms with E-state index in [0.717, 1.165) is 18.5 Å². The SMILES string of the molecule is CC(C)(C)c1cc(C(=O)NCCCn2ccnc2)cc(C(C)(C)C)c1.[Cl-]. The number of amides is 1. The summed E-state index contributed by atoms with van der Waals surface area (Å²) in [5.74, 6) is 0.00207. The van der Waals surface area contributed by atoms with E-state index in [4.69, 9.17) is 0 Å². The summed E-state index contributed by atoms with van der Waals surface area (Å²) in [6.07, 6.45) is 6.38. The Labute approximate surface area is 163 Å². The van der Waals surface area contributed by atoms with Gasteiger partial charge in [-0.2, -0.15) is 0 Å². The third-order valence-electron chi connectivity index (χ3n) is 4.37. The van der Waals surface area contributed by atoms with Crippen molar-refractivity contribution in [1.29, 1.82) is 0 Å². The van der Waals surface area contributed by atoms with E-state index < -0.39 is 0 Å². The smallest absolute Gasteiger partial charge is 0.251 e. The standard InChI is InChI=1S/C21H31N3O.ClH/c1-20(2,3)17-12-16(13-18(14-17)21(4,5)6)19(25)23-8-7-10-24-11-9-22-15-24;/h9,11-15H,7-8,10H2,1-6H3,(H,23,25);1H/p-1. The quantitative estimate of drug-likeness (QED) is 0.799. The molecule has 0 spiro atoms. The van der Waals surface area contributed by atoms with Gasteiger partial charge in [-0.15, -0.1) is 0 Å². The van der Waals surface area contributed by atoms with Gasteiger partial charge in [-0.1, -0.05) is 47.6 Å². The normalized spacial score (nSPS) is 11.8. The highest BCUT2D eigenvalue weighted by Crippen LogP contribution is 2.30. The fourth-order valence-corrected chi connectivity index (χ4v) is 2.61. The molecule has 1 amide bonds. The zero-order valence-corrected chi connectivity index (χ0v) is 17.5. The number of rotatable bonds is 5. The maximum absolute atomic E-state index is 12.6. The fourth-order valence-electron chi connectivity index (χ4n) is 2.61. The number of nitrogens with zero attached hydrogens (tertiary/aromatic N) is 2. The van der Waals surface area contributed by atoms with Crippen molar-refractivity contribution in [3.63, 3.8) is 0 Å². The number of halogens is 1. The second kappa shape index (κ2) is 8.72. The summed E-state index contributed by atoms with van der Waals surface area (Å²) >= 11 is 0. The Bertz CT molecular complexity index is 678. The average Bonchev–Trinajstić information content (AvgIpc) is 3.02. The average molecular weight is 377 g/mol. The van der Waals surface area contributed by atoms with Crippen LogP contribution in [0.4, 0.5) is 0 Å². The number of carbonyl (C=O) groups excluding carboxylic acids is 1. The summed E-state index contributed by atoms with van der Waals surface area (Å²) in [4.78, 5) is 16.7. The molecule has 144 valence electrons. The molecule has 2 aromatic rings. The minimum atomic E-state index is 0. The van der Waals surface area contributed by atoms with Crippen molar-refractivity contribution in [3.05, 3.63) is 53.6 Å². The first-order valence-electron chi connectivity index (χ1n) is 8.97. The van der Waals surface area contributed by atoms with Gasteiger partial charge in [0.05, 0.1) is 6.33 Å². The van der Waals surface area contributed by atoms with E-state index in [1.54, 1.807) is 12.5 Å². The second-order valence-electron chi connectivity index (χ2n) is 8.71. The summed E-state index contributed by atoms with van der Waals surface area (Å²) in [6.45, 7) is 14.6. The number of hydrogen-bond acceptors (Lipinski definition) is 2. The minimum absolute atomic E-state index is 0. The van der Waals surface area contributed by atoms with Crippen LogP contribution in [-0.2, 0) is 17.4 Å². The number of nitrogens with one attached hydrogen (secondary N) is 1. The zero-order chi connectivity index (χ0) is 18.7. The molecule has 0 aliphatic rings. The summed E-state index contributed by atoms with van der Waals surface area (Å²) < 4.78 is 2.02. The lowest BCUT2D eigenvalue weighted by molar-refractivity contribution is -0.0000146. The Morgan fingerprint density at radius 2 is 1.62 bits per heavy atom. The Hall–Kier alpha value is -1.81. The maximum Gasteiger partial charge on any atom is 0.251 e. The molecule has 5 heteroatoms. The van der Waals surface area contributed by atoms with Crippen molar-refractivity contribution in [2.24, 2.45) is 0 Å². The van der Waals surface area contributed by atoms with E-state index in [1.807, 2.05) is 22.9 Å². The number of aromatic nitrogens is 2. The Balaban J connectivity index is 0.00000338. The predicted molar refractivity (Wildman–Crippen MR) is 103 cm³/mol. The van der Waals surface area contributed by atoms with E-state index in [9.17, 15) is 4.79 Å². The van der Waals surface area contributed by atoms with Crippen molar-refractivity contribution in [2.75, 3.05) is 6.54 Å². The van der Waals surface area contributed by atoms with E-state index in [-0.39, 0.29) is 29.1 Å². The van der Waals surface area contributed by atoms with Crippen LogP contribution in [0.2, 0.25) is 0 Å². The molecule has 1 aromatic carbocycles. The van der Waals surface area contributed by atoms with Gasteiger partial charge in [0.15, 0.2) is 0 Å². The maximum atomic E-state index is 12.6. The molecule has 1 N–H and O–H groups in total. The number of aryl methyl sites for hydroxylation is 1. The van der Waals surface area contributed by atoms with E-state index in [2.05, 4.69) is 57.9 Å². The molecule has 2 rings (SSSR count). The van der Waals surface area contributed by atoms with Gasteiger partial charge < -0.3 is 22.3 Å². The highest BCUT2D eigenvalue weighted by Gasteiger charge is 2.22. The van der Waals surface area contributed by atoms with Crippen LogP contribution in [-0.4, -0.2) is 22.0 Å². The predicted octanol–water partition coefficient (Wildman–Crippen LogP) is 1.30. The largest absolute Gasteiger partial charge is 1.00 e. The van der Waals surface area contributed by atoms with Gasteiger partial charge in [-0.3, -0.25) is 4.79 Å². The molecule has 0 bridgehead atoms. The lowest BCUT2D eigenvalue weighted by Gasteiger charge is -2.26. The van der Waals surface area contributed by atoms with E-state index >= 15 is 0 Å². The van der Waals surface area contributed by atoms with Crippen molar-refractivity contribution < 1.29 is 17.2 Å². The van der Waals surface area contributed by atoms with Gasteiger partial charge >= 0.3 is 0 Å². The number of benzene rings is 1. The topological polar surface area (TPSA) is 46.9 Å². The number of imidazole rings is 1. The first-order chi connectivity index (χ1) is 11.6. The second-order valence-corrected chi connectivity index (χ2v) is 8.71. The van der Waals surface area contributed by atoms with Crippen LogP contribution >= 0.6 is 0 Å². The lowest BCUT2D eigenvalue weighted by Crippen LogP contribution is -3.00. The third kappa shape index (κ3) is 6.17. The van der Waals surface area contributed by atoms with Crippen molar-refractivity contribution in [1.82, 2.24) is 14.9 Å². The van der Waals surface area contributed by atoms with Crippen LogP contribution < -0.4 is 17.7 Å². The molecule has 0 saturated heterocycles. The van der Waals surface area contributed by atoms with Crippen LogP contribution in [0.3, 0.4) is 0 Å². The van der Waals surface area contributed by atoms with Gasteiger partial charge in [0.2, 0.25) is 0 Å². The first kappa shape index (κ1) is 22.2. The molecule has 4 nitrogen and oxygen atoms in total. The summed E-state index contributed by atoms with van der Waals surface area (Å²) in [7, 11) is 0. The number of hydrogen-bond donors (Lipinski definition) is 1. The molecule has 0 radical (unpaired) electrons. The fraction of sp³-hybridized carbons (Fsp3) is 0.524. The third-order valence-corrected chi connectivity index (χ3v) is 4.37. The Morgan fingerprint density at radius 1 is 1.04 bits per heavy atom. The molecular weight excluding hydrogens is 346 g/mol. The molecule has 1 aromatic heterocycles. The van der Waals surface area contributed by atoms with Gasteiger partial charge in [-0.25, -0.2) is 4.98 Å². The molecular formula is C21H31ClN3O-. The van der Waals surface area contributed by atoms with Crippen molar-refractivity contribution in [3.8, 4) is 0 Å². The Morgan fingerprint density at radius 3 is 2.08 bits per heavy atom. The zero-order valence-electron chi connectivity index (χ0n) is 16.8. The number of carbonyl (C=O) groups is 1. The first-order valence-corrected chi connectivity index (χ1v) is 8.97. The summed E-state index contributed by atoms with van der Waals surface area (Å²) in [5, 5.41) is 3.05. The van der Waals surface area contributed by atoms with E-state index in [0.29, 0.717) is 6.54 Å². The van der Waals surface area contributed by atoms with Gasteiger partial charge in [0.1, 0.15) is 0 Å². The molecule has 0 atom stereocenters. The highest BCUT2D eigenvalue weighted by molar-refractivity contribution is 5.94. The molecule has 26 heavy (non-hydrogen) atoms. The van der Waals surface area contributed by atoms with Gasteiger partial charge in [-0.05, 0) is 40.5 Å². The molecule has 0 saturated carbocycles. The monoisotopic (exact) mass is 376 g/mol. The van der Waals surface area contributed by atoms with Gasteiger partial charge in [0, 0.05) is 31.0 Å². The van der Waals surface area contributed by atoms with Gasteiger partial charge in [0.25, 0.3) is 5.91 Å². The van der Waals surface area contributed by atoms with E-state index in [1.165, 1.54) is 11.1 Å². The van der Waals surface area contributed by atoms with Crippen LogP contribution in [0.25, 0.3) is 0 Å². The molecule has 1 heterocycles. The Kier molecular flexibility index (Phi) is 7.45. The summed E-state index contributed by atoms with van der Waals surface area (Å²) in [5.41, 5.74) is 3.17. The van der Waals surface area contributed by atoms with Crippen LogP contribution in [0.15, 0.2) is 36.9 Å². The summed E-state index contributed by atoms with van der Waals surface area (Å²) in [6, 6.07) is 6.29. The van der Waals surface area contributed by atoms with Crippen molar-refractivity contribution >= 4 is 5.91 Å². The van der Waals surface area contributed by atoms with Crippen LogP contribution in [0.5, 0.6) is 0 Å². The van der Waals surface area contributed by atoms with Crippen LogP contribution in [0, 0.1) is 0 Å². The highest BCUT2D eigenvalue weighted by atomic mass is 35.5. The molecule has 0 unspecified atom stereocenters.